The van der Waals surface area contributed by atoms with E-state index in [4.69, 9.17) is 4.74 Å². The molecular weight excluding hydrogens is 220 g/mol. The average molecular weight is 234 g/mol. The molecule has 0 spiro atoms. The molecule has 0 atom stereocenters. The Morgan fingerprint density at radius 1 is 1.25 bits per heavy atom. The molecule has 1 aromatic carbocycles. The second kappa shape index (κ2) is 4.61. The number of hydrogen-bond acceptors (Lipinski definition) is 3. The Bertz CT molecular complexity index is 476. The lowest BCUT2D eigenvalue weighted by Gasteiger charge is -2.09. The molecular formula is C12H14N2OS. The fourth-order valence-corrected chi connectivity index (χ4v) is 2.19. The minimum absolute atomic E-state index is 0.868. The van der Waals surface area contributed by atoms with Crippen molar-refractivity contribution in [1.29, 1.82) is 0 Å². The van der Waals surface area contributed by atoms with Crippen LogP contribution in [-0.4, -0.2) is 22.9 Å². The Labute approximate surface area is 99.5 Å². The van der Waals surface area contributed by atoms with E-state index in [1.807, 2.05) is 36.7 Å². The minimum Gasteiger partial charge on any atom is -0.497 e. The van der Waals surface area contributed by atoms with Crippen molar-refractivity contribution < 1.29 is 4.74 Å². The molecule has 1 heterocycles. The number of aryl methyl sites for hydroxylation is 1. The largest absolute Gasteiger partial charge is 0.497 e. The third-order valence-electron chi connectivity index (χ3n) is 2.42. The van der Waals surface area contributed by atoms with Crippen molar-refractivity contribution in [3.8, 4) is 11.4 Å². The summed E-state index contributed by atoms with van der Waals surface area (Å²) >= 11 is 1.64. The normalized spacial score (nSPS) is 10.4. The van der Waals surface area contributed by atoms with Crippen LogP contribution in [0.1, 0.15) is 5.69 Å². The number of aromatic nitrogens is 2. The van der Waals surface area contributed by atoms with E-state index >= 15 is 0 Å². The minimum atomic E-state index is 0.868. The highest BCUT2D eigenvalue weighted by molar-refractivity contribution is 7.98. The number of methoxy groups -OCH3 is 1. The number of hydrogen-bond donors (Lipinski definition) is 0. The van der Waals surface area contributed by atoms with Gasteiger partial charge in [-0.15, -0.1) is 0 Å². The van der Waals surface area contributed by atoms with Gasteiger partial charge in [-0.25, -0.2) is 4.98 Å². The Hall–Kier alpha value is -1.42. The summed E-state index contributed by atoms with van der Waals surface area (Å²) in [6.45, 7) is 2.05. The van der Waals surface area contributed by atoms with Gasteiger partial charge in [-0.2, -0.15) is 0 Å². The maximum atomic E-state index is 5.14. The van der Waals surface area contributed by atoms with Crippen LogP contribution in [0.2, 0.25) is 0 Å². The van der Waals surface area contributed by atoms with E-state index in [0.717, 1.165) is 22.3 Å². The van der Waals surface area contributed by atoms with Crippen molar-refractivity contribution in [3.05, 3.63) is 36.2 Å². The second-order valence-corrected chi connectivity index (χ2v) is 4.19. The third-order valence-corrected chi connectivity index (χ3v) is 3.07. The first-order chi connectivity index (χ1) is 7.76. The molecule has 0 N–H and O–H groups in total. The van der Waals surface area contributed by atoms with E-state index in [0.29, 0.717) is 0 Å². The molecule has 0 saturated carbocycles. The lowest BCUT2D eigenvalue weighted by molar-refractivity contribution is 0.414. The van der Waals surface area contributed by atoms with Gasteiger partial charge in [-0.1, -0.05) is 11.8 Å². The number of ether oxygens (including phenoxy) is 1. The number of thioether (sulfide) groups is 1. The van der Waals surface area contributed by atoms with Gasteiger partial charge in [0, 0.05) is 17.6 Å². The van der Waals surface area contributed by atoms with Crippen LogP contribution in [0.25, 0.3) is 5.69 Å². The Balaban J connectivity index is 2.45. The Morgan fingerprint density at radius 2 is 1.94 bits per heavy atom. The molecule has 16 heavy (non-hydrogen) atoms. The zero-order valence-electron chi connectivity index (χ0n) is 9.60. The second-order valence-electron chi connectivity index (χ2n) is 3.42. The van der Waals surface area contributed by atoms with Crippen molar-refractivity contribution in [2.75, 3.05) is 13.4 Å². The highest BCUT2D eigenvalue weighted by Gasteiger charge is 2.07. The summed E-state index contributed by atoms with van der Waals surface area (Å²) in [5.41, 5.74) is 2.25. The van der Waals surface area contributed by atoms with Gasteiger partial charge in [-0.05, 0) is 37.4 Å². The molecule has 0 aliphatic heterocycles. The van der Waals surface area contributed by atoms with Crippen LogP contribution in [0.4, 0.5) is 0 Å². The lowest BCUT2D eigenvalue weighted by atomic mass is 10.3. The molecule has 0 saturated heterocycles. The van der Waals surface area contributed by atoms with Crippen LogP contribution in [0.3, 0.4) is 0 Å². The molecule has 0 fully saturated rings. The SMILES string of the molecule is COc1ccc(-n2c(C)cnc2SC)cc1. The van der Waals surface area contributed by atoms with Crippen LogP contribution >= 0.6 is 11.8 Å². The quantitative estimate of drug-likeness (QED) is 0.764. The maximum Gasteiger partial charge on any atom is 0.172 e. The summed E-state index contributed by atoms with van der Waals surface area (Å²) in [6, 6.07) is 7.98. The van der Waals surface area contributed by atoms with Gasteiger partial charge in [0.1, 0.15) is 5.75 Å². The first-order valence-electron chi connectivity index (χ1n) is 4.99. The van der Waals surface area contributed by atoms with E-state index in [1.165, 1.54) is 0 Å². The Morgan fingerprint density at radius 3 is 2.50 bits per heavy atom. The molecule has 0 aliphatic rings. The fraction of sp³-hybridized carbons (Fsp3) is 0.250. The van der Waals surface area contributed by atoms with Crippen LogP contribution in [0, 0.1) is 6.92 Å². The van der Waals surface area contributed by atoms with Crippen LogP contribution in [-0.2, 0) is 0 Å². The fourth-order valence-electron chi connectivity index (χ4n) is 1.60. The van der Waals surface area contributed by atoms with Crippen molar-refractivity contribution in [3.63, 3.8) is 0 Å². The van der Waals surface area contributed by atoms with E-state index in [2.05, 4.69) is 16.5 Å². The van der Waals surface area contributed by atoms with E-state index in [9.17, 15) is 0 Å². The molecule has 0 unspecified atom stereocenters. The van der Waals surface area contributed by atoms with Gasteiger partial charge in [0.25, 0.3) is 0 Å². The van der Waals surface area contributed by atoms with E-state index in [-0.39, 0.29) is 0 Å². The van der Waals surface area contributed by atoms with Gasteiger partial charge in [0.2, 0.25) is 0 Å². The third kappa shape index (κ3) is 1.93. The molecule has 1 aromatic heterocycles. The molecule has 3 nitrogen and oxygen atoms in total. The van der Waals surface area contributed by atoms with Crippen molar-refractivity contribution in [2.45, 2.75) is 12.1 Å². The molecule has 0 aliphatic carbocycles. The molecule has 4 heteroatoms. The summed E-state index contributed by atoms with van der Waals surface area (Å²) in [7, 11) is 1.67. The standard InChI is InChI=1S/C12H14N2OS/c1-9-8-13-12(16-3)14(9)10-4-6-11(15-2)7-5-10/h4-8H,1-3H3. The molecule has 0 radical (unpaired) electrons. The summed E-state index contributed by atoms with van der Waals surface area (Å²) in [6.07, 6.45) is 3.91. The van der Waals surface area contributed by atoms with Gasteiger partial charge < -0.3 is 4.74 Å². The van der Waals surface area contributed by atoms with Crippen molar-refractivity contribution in [2.24, 2.45) is 0 Å². The first-order valence-corrected chi connectivity index (χ1v) is 6.21. The van der Waals surface area contributed by atoms with Crippen molar-refractivity contribution >= 4 is 11.8 Å². The summed E-state index contributed by atoms with van der Waals surface area (Å²) in [5.74, 6) is 0.868. The van der Waals surface area contributed by atoms with Gasteiger partial charge in [0.15, 0.2) is 5.16 Å². The van der Waals surface area contributed by atoms with Crippen LogP contribution in [0.15, 0.2) is 35.6 Å². The smallest absolute Gasteiger partial charge is 0.172 e. The number of nitrogens with zero attached hydrogens (tertiary/aromatic N) is 2. The van der Waals surface area contributed by atoms with Crippen LogP contribution in [0.5, 0.6) is 5.75 Å². The summed E-state index contributed by atoms with van der Waals surface area (Å²) < 4.78 is 7.27. The van der Waals surface area contributed by atoms with Crippen molar-refractivity contribution in [1.82, 2.24) is 9.55 Å². The van der Waals surface area contributed by atoms with E-state index in [1.54, 1.807) is 18.9 Å². The average Bonchev–Trinajstić information content (AvgIpc) is 2.70. The highest BCUT2D eigenvalue weighted by Crippen LogP contribution is 2.22. The predicted octanol–water partition coefficient (Wildman–Crippen LogP) is 2.91. The molecule has 0 bridgehead atoms. The highest BCUT2D eigenvalue weighted by atomic mass is 32.2. The zero-order chi connectivity index (χ0) is 11.5. The molecule has 84 valence electrons. The monoisotopic (exact) mass is 234 g/mol. The molecule has 0 amide bonds. The number of benzene rings is 1. The van der Waals surface area contributed by atoms with Gasteiger partial charge in [0.05, 0.1) is 7.11 Å². The maximum absolute atomic E-state index is 5.14. The molecule has 2 rings (SSSR count). The lowest BCUT2D eigenvalue weighted by Crippen LogP contribution is -1.98. The molecule has 2 aromatic rings. The topological polar surface area (TPSA) is 27.1 Å². The van der Waals surface area contributed by atoms with Gasteiger partial charge >= 0.3 is 0 Å². The number of imidazole rings is 1. The van der Waals surface area contributed by atoms with E-state index < -0.39 is 0 Å². The summed E-state index contributed by atoms with van der Waals surface area (Å²) in [4.78, 5) is 4.35. The zero-order valence-corrected chi connectivity index (χ0v) is 10.4. The van der Waals surface area contributed by atoms with Crippen LogP contribution < -0.4 is 4.74 Å². The first kappa shape index (κ1) is 11.1. The summed E-state index contributed by atoms with van der Waals surface area (Å²) in [5, 5.41) is 1.00. The number of rotatable bonds is 3. The van der Waals surface area contributed by atoms with Gasteiger partial charge in [-0.3, -0.25) is 4.57 Å². The Kier molecular flexibility index (Phi) is 3.19. The predicted molar refractivity (Wildman–Crippen MR) is 66.6 cm³/mol.